The Bertz CT molecular complexity index is 450. The SMILES string of the molecule is C[C@H](CO)NC(=O)c1ccc([N+](=O)[O-])c(Cl)c1. The number of aliphatic hydroxyl groups is 1. The van der Waals surface area contributed by atoms with Crippen molar-refractivity contribution < 1.29 is 14.8 Å². The zero-order valence-electron chi connectivity index (χ0n) is 9.01. The molecule has 6 nitrogen and oxygen atoms in total. The number of nitrogens with one attached hydrogen (secondary N) is 1. The maximum absolute atomic E-state index is 11.6. The molecule has 0 fully saturated rings. The molecule has 0 aliphatic heterocycles. The maximum atomic E-state index is 11.6. The van der Waals surface area contributed by atoms with Crippen LogP contribution in [0.1, 0.15) is 17.3 Å². The Hall–Kier alpha value is -1.66. The summed E-state index contributed by atoms with van der Waals surface area (Å²) in [5.41, 5.74) is -0.0423. The second-order valence-corrected chi connectivity index (χ2v) is 3.89. The van der Waals surface area contributed by atoms with Gasteiger partial charge in [-0.15, -0.1) is 0 Å². The number of nitro benzene ring substituents is 1. The first-order valence-corrected chi connectivity index (χ1v) is 5.19. The Balaban J connectivity index is 2.90. The molecule has 0 saturated heterocycles. The van der Waals surface area contributed by atoms with Gasteiger partial charge in [-0.05, 0) is 19.1 Å². The standard InChI is InChI=1S/C10H11ClN2O4/c1-6(5-14)12-10(15)7-2-3-9(13(16)17)8(11)4-7/h2-4,6,14H,5H2,1H3,(H,12,15)/t6-/m1/s1. The first-order chi connectivity index (χ1) is 7.95. The molecule has 1 atom stereocenters. The van der Waals surface area contributed by atoms with Gasteiger partial charge in [0.15, 0.2) is 0 Å². The van der Waals surface area contributed by atoms with Crippen LogP contribution in [0.15, 0.2) is 18.2 Å². The number of halogens is 1. The van der Waals surface area contributed by atoms with Gasteiger partial charge in [0, 0.05) is 17.7 Å². The van der Waals surface area contributed by atoms with Crippen molar-refractivity contribution in [1.29, 1.82) is 0 Å². The highest BCUT2D eigenvalue weighted by atomic mass is 35.5. The van der Waals surface area contributed by atoms with E-state index in [1.807, 2.05) is 0 Å². The summed E-state index contributed by atoms with van der Waals surface area (Å²) in [4.78, 5) is 21.5. The predicted octanol–water partition coefficient (Wildman–Crippen LogP) is 1.36. The molecule has 0 aromatic heterocycles. The van der Waals surface area contributed by atoms with Crippen LogP contribution in [0.25, 0.3) is 0 Å². The van der Waals surface area contributed by atoms with Gasteiger partial charge in [-0.25, -0.2) is 0 Å². The molecule has 7 heteroatoms. The zero-order valence-corrected chi connectivity index (χ0v) is 9.77. The van der Waals surface area contributed by atoms with Crippen molar-refractivity contribution in [3.8, 4) is 0 Å². The van der Waals surface area contributed by atoms with Gasteiger partial charge in [0.2, 0.25) is 0 Å². The summed E-state index contributed by atoms with van der Waals surface area (Å²) in [6.45, 7) is 1.44. The monoisotopic (exact) mass is 258 g/mol. The highest BCUT2D eigenvalue weighted by Crippen LogP contribution is 2.24. The lowest BCUT2D eigenvalue weighted by molar-refractivity contribution is -0.384. The van der Waals surface area contributed by atoms with Crippen molar-refractivity contribution in [1.82, 2.24) is 5.32 Å². The number of carbonyl (C=O) groups is 1. The van der Waals surface area contributed by atoms with Gasteiger partial charge < -0.3 is 10.4 Å². The first-order valence-electron chi connectivity index (χ1n) is 4.81. The number of amides is 1. The Morgan fingerprint density at radius 3 is 2.76 bits per heavy atom. The van der Waals surface area contributed by atoms with Gasteiger partial charge in [0.1, 0.15) is 5.02 Å². The van der Waals surface area contributed by atoms with E-state index in [4.69, 9.17) is 16.7 Å². The fourth-order valence-corrected chi connectivity index (χ4v) is 1.40. The van der Waals surface area contributed by atoms with Crippen molar-refractivity contribution in [3.05, 3.63) is 38.9 Å². The Morgan fingerprint density at radius 2 is 2.29 bits per heavy atom. The number of nitro groups is 1. The zero-order chi connectivity index (χ0) is 13.0. The van der Waals surface area contributed by atoms with Gasteiger partial charge in [-0.3, -0.25) is 14.9 Å². The van der Waals surface area contributed by atoms with Crippen molar-refractivity contribution in [2.24, 2.45) is 0 Å². The first kappa shape index (κ1) is 13.4. The number of aliphatic hydroxyl groups excluding tert-OH is 1. The van der Waals surface area contributed by atoms with E-state index in [1.165, 1.54) is 18.2 Å². The van der Waals surface area contributed by atoms with Crippen LogP contribution in [0.5, 0.6) is 0 Å². The van der Waals surface area contributed by atoms with Crippen molar-refractivity contribution >= 4 is 23.2 Å². The van der Waals surface area contributed by atoms with Gasteiger partial charge in [-0.2, -0.15) is 0 Å². The molecule has 0 saturated carbocycles. The minimum atomic E-state index is -0.625. The number of hydrogen-bond donors (Lipinski definition) is 2. The molecule has 0 radical (unpaired) electrons. The second-order valence-electron chi connectivity index (χ2n) is 3.48. The normalized spacial score (nSPS) is 11.9. The topological polar surface area (TPSA) is 92.5 Å². The minimum Gasteiger partial charge on any atom is -0.394 e. The predicted molar refractivity (Wildman–Crippen MR) is 62.1 cm³/mol. The number of hydrogen-bond acceptors (Lipinski definition) is 4. The molecule has 0 unspecified atom stereocenters. The summed E-state index contributed by atoms with van der Waals surface area (Å²) < 4.78 is 0. The second kappa shape index (κ2) is 5.60. The van der Waals surface area contributed by atoms with E-state index in [2.05, 4.69) is 5.32 Å². The van der Waals surface area contributed by atoms with Crippen LogP contribution >= 0.6 is 11.6 Å². The number of rotatable bonds is 4. The van der Waals surface area contributed by atoms with Gasteiger partial charge in [0.25, 0.3) is 11.6 Å². The van der Waals surface area contributed by atoms with Crippen LogP contribution in [0, 0.1) is 10.1 Å². The molecule has 0 aliphatic carbocycles. The molecule has 17 heavy (non-hydrogen) atoms. The third-order valence-electron chi connectivity index (χ3n) is 2.06. The Morgan fingerprint density at radius 1 is 1.65 bits per heavy atom. The number of carbonyl (C=O) groups excluding carboxylic acids is 1. The fraction of sp³-hybridized carbons (Fsp3) is 0.300. The summed E-state index contributed by atoms with van der Waals surface area (Å²) in [6.07, 6.45) is 0. The smallest absolute Gasteiger partial charge is 0.287 e. The molecule has 0 spiro atoms. The number of benzene rings is 1. The highest BCUT2D eigenvalue weighted by Gasteiger charge is 2.16. The fourth-order valence-electron chi connectivity index (χ4n) is 1.15. The molecule has 0 heterocycles. The van der Waals surface area contributed by atoms with E-state index in [9.17, 15) is 14.9 Å². The lowest BCUT2D eigenvalue weighted by Crippen LogP contribution is -2.34. The average Bonchev–Trinajstić information content (AvgIpc) is 2.28. The van der Waals surface area contributed by atoms with Crippen LogP contribution in [-0.4, -0.2) is 28.6 Å². The Kier molecular flexibility index (Phi) is 4.42. The average molecular weight is 259 g/mol. The summed E-state index contributed by atoms with van der Waals surface area (Å²) in [5.74, 6) is -0.441. The summed E-state index contributed by atoms with van der Waals surface area (Å²) in [6, 6.07) is 3.31. The molecular weight excluding hydrogens is 248 g/mol. The molecule has 92 valence electrons. The van der Waals surface area contributed by atoms with E-state index in [1.54, 1.807) is 6.92 Å². The summed E-state index contributed by atoms with van der Waals surface area (Å²) in [5, 5.41) is 21.7. The molecule has 1 aromatic carbocycles. The minimum absolute atomic E-state index is 0.0979. The molecule has 2 N–H and O–H groups in total. The molecule has 0 aliphatic rings. The van der Waals surface area contributed by atoms with Gasteiger partial charge >= 0.3 is 0 Å². The third-order valence-corrected chi connectivity index (χ3v) is 2.36. The third kappa shape index (κ3) is 3.40. The van der Waals surface area contributed by atoms with Crippen molar-refractivity contribution in [2.45, 2.75) is 13.0 Å². The van der Waals surface area contributed by atoms with Crippen LogP contribution in [0.4, 0.5) is 5.69 Å². The molecule has 1 rings (SSSR count). The van der Waals surface area contributed by atoms with Crippen molar-refractivity contribution in [3.63, 3.8) is 0 Å². The summed E-state index contributed by atoms with van der Waals surface area (Å²) in [7, 11) is 0. The lowest BCUT2D eigenvalue weighted by atomic mass is 10.2. The largest absolute Gasteiger partial charge is 0.394 e. The number of nitrogens with zero attached hydrogens (tertiary/aromatic N) is 1. The van der Waals surface area contributed by atoms with Crippen LogP contribution in [0.3, 0.4) is 0 Å². The highest BCUT2D eigenvalue weighted by molar-refractivity contribution is 6.33. The van der Waals surface area contributed by atoms with E-state index in [-0.39, 0.29) is 22.9 Å². The van der Waals surface area contributed by atoms with Gasteiger partial charge in [0.05, 0.1) is 11.5 Å². The molecule has 1 amide bonds. The maximum Gasteiger partial charge on any atom is 0.287 e. The summed E-state index contributed by atoms with van der Waals surface area (Å²) >= 11 is 5.67. The van der Waals surface area contributed by atoms with Crippen LogP contribution in [-0.2, 0) is 0 Å². The molecule has 0 bridgehead atoms. The lowest BCUT2D eigenvalue weighted by Gasteiger charge is -2.10. The Labute approximate surface area is 102 Å². The molecular formula is C10H11ClN2O4. The van der Waals surface area contributed by atoms with E-state index in [0.717, 1.165) is 0 Å². The molecule has 1 aromatic rings. The van der Waals surface area contributed by atoms with E-state index < -0.39 is 16.9 Å². The van der Waals surface area contributed by atoms with Crippen LogP contribution in [0.2, 0.25) is 5.02 Å². The van der Waals surface area contributed by atoms with E-state index >= 15 is 0 Å². The van der Waals surface area contributed by atoms with E-state index in [0.29, 0.717) is 0 Å². The van der Waals surface area contributed by atoms with Crippen LogP contribution < -0.4 is 5.32 Å². The quantitative estimate of drug-likeness (QED) is 0.630. The van der Waals surface area contributed by atoms with Crippen molar-refractivity contribution in [2.75, 3.05) is 6.61 Å². The van der Waals surface area contributed by atoms with Gasteiger partial charge in [-0.1, -0.05) is 11.6 Å².